The highest BCUT2D eigenvalue weighted by Gasteiger charge is 2.35. The Balaban J connectivity index is 1.31. The van der Waals surface area contributed by atoms with Crippen LogP contribution in [0.3, 0.4) is 0 Å². The van der Waals surface area contributed by atoms with E-state index in [9.17, 15) is 10.1 Å². The summed E-state index contributed by atoms with van der Waals surface area (Å²) in [5.74, 6) is 0.684. The van der Waals surface area contributed by atoms with Gasteiger partial charge in [-0.15, -0.1) is 11.3 Å². The molecule has 0 radical (unpaired) electrons. The Morgan fingerprint density at radius 3 is 2.67 bits per heavy atom. The van der Waals surface area contributed by atoms with Crippen molar-refractivity contribution in [2.45, 2.75) is 44.6 Å². The number of thiophene rings is 1. The first-order chi connectivity index (χ1) is 23.2. The number of piperazine rings is 1. The fourth-order valence-corrected chi connectivity index (χ4v) is 9.10. The number of carbonyl (C=O) groups is 1. The highest BCUT2D eigenvalue weighted by Crippen LogP contribution is 2.49. The summed E-state index contributed by atoms with van der Waals surface area (Å²) in [6.07, 6.45) is 2.57. The predicted molar refractivity (Wildman–Crippen MR) is 187 cm³/mol. The summed E-state index contributed by atoms with van der Waals surface area (Å²) in [6, 6.07) is 5.19. The summed E-state index contributed by atoms with van der Waals surface area (Å²) < 4.78 is 21.5. The van der Waals surface area contributed by atoms with Gasteiger partial charge in [0.15, 0.2) is 0 Å². The average Bonchev–Trinajstić information content (AvgIpc) is 3.84. The number of carbonyl (C=O) groups excluding carboxylic acids is 1. The molecule has 2 aromatic carbocycles. The molecule has 0 aliphatic carbocycles. The lowest BCUT2D eigenvalue weighted by molar-refractivity contribution is -0.132. The molecule has 2 aromatic heterocycles. The number of anilines is 3. The van der Waals surface area contributed by atoms with Gasteiger partial charge in [0.2, 0.25) is 11.9 Å². The normalized spacial score (nSPS) is 22.2. The number of amides is 1. The van der Waals surface area contributed by atoms with E-state index < -0.39 is 11.9 Å². The van der Waals surface area contributed by atoms with Crippen LogP contribution in [-0.2, 0) is 22.7 Å². The maximum atomic E-state index is 15.1. The van der Waals surface area contributed by atoms with Crippen LogP contribution in [0.4, 0.5) is 21.2 Å². The SMILES string of the molecule is CN1CCN([C@@H]2CCN(c3nc(N[C@@H]4CCCN(C)C4=O)c4c5c(c(-c6ccc(F)c7sc(N)c(C#N)c67)c(Cl)c4n3)COC5)C2)CC1. The van der Waals surface area contributed by atoms with Gasteiger partial charge in [-0.3, -0.25) is 9.69 Å². The van der Waals surface area contributed by atoms with Crippen molar-refractivity contribution in [1.29, 1.82) is 5.26 Å². The number of hydrogen-bond acceptors (Lipinski definition) is 11. The smallest absolute Gasteiger partial charge is 0.244 e. The van der Waals surface area contributed by atoms with Crippen LogP contribution < -0.4 is 16.0 Å². The zero-order chi connectivity index (χ0) is 33.3. The van der Waals surface area contributed by atoms with Crippen molar-refractivity contribution in [3.63, 3.8) is 0 Å². The Morgan fingerprint density at radius 2 is 1.88 bits per heavy atom. The quantitative estimate of drug-likeness (QED) is 0.306. The van der Waals surface area contributed by atoms with Gasteiger partial charge in [0.1, 0.15) is 28.7 Å². The predicted octanol–water partition coefficient (Wildman–Crippen LogP) is 4.65. The van der Waals surface area contributed by atoms with E-state index in [4.69, 9.17) is 32.0 Å². The Kier molecular flexibility index (Phi) is 8.04. The number of aromatic nitrogens is 2. The van der Waals surface area contributed by atoms with Crippen molar-refractivity contribution in [2.75, 3.05) is 75.9 Å². The van der Waals surface area contributed by atoms with Gasteiger partial charge >= 0.3 is 0 Å². The first kappa shape index (κ1) is 31.5. The molecule has 48 heavy (non-hydrogen) atoms. The molecule has 0 spiro atoms. The lowest BCUT2D eigenvalue weighted by Gasteiger charge is -2.36. The van der Waals surface area contributed by atoms with Crippen LogP contribution in [-0.4, -0.2) is 103 Å². The maximum Gasteiger partial charge on any atom is 0.244 e. The molecule has 8 rings (SSSR count). The number of ether oxygens (including phenoxy) is 1. The number of benzene rings is 2. The van der Waals surface area contributed by atoms with Gasteiger partial charge in [-0.05, 0) is 49.1 Å². The number of fused-ring (bicyclic) bond motifs is 4. The largest absolute Gasteiger partial charge is 0.389 e. The second kappa shape index (κ2) is 12.3. The van der Waals surface area contributed by atoms with Crippen molar-refractivity contribution >= 4 is 66.6 Å². The molecule has 0 saturated carbocycles. The van der Waals surface area contributed by atoms with E-state index in [2.05, 4.69) is 33.1 Å². The molecule has 0 unspecified atom stereocenters. The van der Waals surface area contributed by atoms with Gasteiger partial charge in [0, 0.05) is 69.9 Å². The molecule has 3 N–H and O–H groups in total. The molecule has 4 aliphatic rings. The van der Waals surface area contributed by atoms with E-state index >= 15 is 4.39 Å². The molecule has 4 aliphatic heterocycles. The minimum Gasteiger partial charge on any atom is -0.389 e. The number of nitrogens with one attached hydrogen (secondary N) is 1. The Bertz CT molecular complexity index is 2010. The molecule has 2 atom stereocenters. The number of nitrogen functional groups attached to an aromatic ring is 1. The van der Waals surface area contributed by atoms with E-state index in [0.29, 0.717) is 62.6 Å². The Hall–Kier alpha value is -3.80. The number of nitrogens with zero attached hydrogens (tertiary/aromatic N) is 7. The second-order valence-electron chi connectivity index (χ2n) is 13.3. The van der Waals surface area contributed by atoms with E-state index in [1.165, 1.54) is 6.07 Å². The summed E-state index contributed by atoms with van der Waals surface area (Å²) in [5, 5.41) is 15.3. The fourth-order valence-electron chi connectivity index (χ4n) is 7.80. The zero-order valence-electron chi connectivity index (χ0n) is 27.0. The molecule has 1 amide bonds. The van der Waals surface area contributed by atoms with E-state index in [1.54, 1.807) is 11.0 Å². The van der Waals surface area contributed by atoms with Crippen molar-refractivity contribution in [2.24, 2.45) is 0 Å². The monoisotopic (exact) mass is 689 g/mol. The van der Waals surface area contributed by atoms with Crippen LogP contribution >= 0.6 is 22.9 Å². The standard InChI is InChI=1S/C34H37ClFN9O2S/c1-42-10-12-44(13-11-42)18-7-9-45(15-18)34-40-29-27(32(41-34)39-24-4-3-8-43(2)33(24)46)22-17-47-16-21(22)25(28(29)35)19-5-6-23(36)30-26(19)20(14-37)31(38)48-30/h5-6,18,24H,3-4,7-13,15-17,38H2,1-2H3,(H,39,40,41)/t18-,24-/m1/s1. The number of piperidine rings is 1. The van der Waals surface area contributed by atoms with Crippen LogP contribution in [0.25, 0.3) is 32.1 Å². The topological polar surface area (TPSA) is 127 Å². The van der Waals surface area contributed by atoms with E-state index in [1.807, 2.05) is 7.05 Å². The van der Waals surface area contributed by atoms with Crippen LogP contribution in [0.1, 0.15) is 36.0 Å². The highest BCUT2D eigenvalue weighted by atomic mass is 35.5. The first-order valence-corrected chi connectivity index (χ1v) is 17.7. The van der Waals surface area contributed by atoms with Crippen molar-refractivity contribution in [3.8, 4) is 17.2 Å². The Morgan fingerprint density at radius 1 is 1.08 bits per heavy atom. The van der Waals surface area contributed by atoms with Gasteiger partial charge < -0.3 is 30.5 Å². The summed E-state index contributed by atoms with van der Waals surface area (Å²) in [6.45, 7) is 7.02. The second-order valence-corrected chi connectivity index (χ2v) is 14.7. The van der Waals surface area contributed by atoms with Crippen molar-refractivity contribution in [3.05, 3.63) is 39.7 Å². The van der Waals surface area contributed by atoms with E-state index in [-0.39, 0.29) is 23.1 Å². The van der Waals surface area contributed by atoms with Gasteiger partial charge in [0.05, 0.1) is 39.4 Å². The van der Waals surface area contributed by atoms with E-state index in [0.717, 1.165) is 86.5 Å². The minimum absolute atomic E-state index is 0.0225. The molecular formula is C34H37ClFN9O2S. The molecule has 6 heterocycles. The van der Waals surface area contributed by atoms with Crippen LogP contribution in [0, 0.1) is 17.1 Å². The summed E-state index contributed by atoms with van der Waals surface area (Å²) in [4.78, 5) is 32.4. The lowest BCUT2D eigenvalue weighted by Crippen LogP contribution is -2.49. The molecule has 250 valence electrons. The summed E-state index contributed by atoms with van der Waals surface area (Å²) >= 11 is 8.48. The van der Waals surface area contributed by atoms with Gasteiger partial charge in [-0.25, -0.2) is 9.37 Å². The third kappa shape index (κ3) is 5.13. The van der Waals surface area contributed by atoms with Crippen LogP contribution in [0.2, 0.25) is 5.02 Å². The number of likely N-dealkylation sites (N-methyl/N-ethyl adjacent to an activating group) is 2. The molecule has 14 heteroatoms. The zero-order valence-corrected chi connectivity index (χ0v) is 28.6. The van der Waals surface area contributed by atoms with Crippen LogP contribution in [0.15, 0.2) is 12.1 Å². The number of likely N-dealkylation sites (tertiary alicyclic amines) is 1. The molecule has 3 saturated heterocycles. The van der Waals surface area contributed by atoms with Crippen molar-refractivity contribution in [1.82, 2.24) is 24.7 Å². The Labute approximate surface area is 287 Å². The molecule has 11 nitrogen and oxygen atoms in total. The summed E-state index contributed by atoms with van der Waals surface area (Å²) in [7, 11) is 3.99. The number of rotatable bonds is 5. The first-order valence-electron chi connectivity index (χ1n) is 16.5. The fraction of sp³-hybridized carbons (Fsp3) is 0.471. The molecule has 3 fully saturated rings. The number of halogens is 2. The number of nitrogens with two attached hydrogens (primary N) is 1. The number of nitriles is 1. The maximum absolute atomic E-state index is 15.1. The minimum atomic E-state index is -0.445. The van der Waals surface area contributed by atoms with Crippen LogP contribution in [0.5, 0.6) is 0 Å². The lowest BCUT2D eigenvalue weighted by atomic mass is 9.91. The highest BCUT2D eigenvalue weighted by molar-refractivity contribution is 7.23. The van der Waals surface area contributed by atoms with Gasteiger partial charge in [0.25, 0.3) is 0 Å². The van der Waals surface area contributed by atoms with Gasteiger partial charge in [-0.1, -0.05) is 17.7 Å². The average molecular weight is 690 g/mol. The third-order valence-corrected chi connectivity index (χ3v) is 11.9. The summed E-state index contributed by atoms with van der Waals surface area (Å²) in [5.41, 5.74) is 9.93. The number of hydrogen-bond donors (Lipinski definition) is 2. The van der Waals surface area contributed by atoms with Gasteiger partial charge in [-0.2, -0.15) is 10.2 Å². The molecule has 4 aromatic rings. The third-order valence-electron chi connectivity index (χ3n) is 10.5. The van der Waals surface area contributed by atoms with Crippen molar-refractivity contribution < 1.29 is 13.9 Å². The molecular weight excluding hydrogens is 653 g/mol. The molecule has 0 bridgehead atoms.